The fourth-order valence-electron chi connectivity index (χ4n) is 8.62. The van der Waals surface area contributed by atoms with Crippen LogP contribution in [0.15, 0.2) is 60.8 Å². The molecule has 6 heteroatoms. The first-order valence-corrected chi connectivity index (χ1v) is 30.3. The molecule has 0 saturated carbocycles. The second-order valence-electron chi connectivity index (χ2n) is 20.2. The van der Waals surface area contributed by atoms with Gasteiger partial charge in [0.25, 0.3) is 0 Å². The lowest BCUT2D eigenvalue weighted by Gasteiger charge is -2.18. The Morgan fingerprint density at radius 3 is 0.843 bits per heavy atom. The van der Waals surface area contributed by atoms with Gasteiger partial charge in [-0.3, -0.25) is 14.4 Å². The van der Waals surface area contributed by atoms with E-state index in [0.717, 1.165) is 83.5 Å². The Bertz CT molecular complexity index is 1260. The molecule has 0 aliphatic carbocycles. The average molecular weight is 980 g/mol. The largest absolute Gasteiger partial charge is 0.462 e. The Hall–Kier alpha value is -2.89. The molecule has 0 aliphatic rings. The van der Waals surface area contributed by atoms with E-state index in [4.69, 9.17) is 14.2 Å². The molecule has 1 atom stereocenters. The molecule has 1 unspecified atom stereocenters. The summed E-state index contributed by atoms with van der Waals surface area (Å²) >= 11 is 0. The third kappa shape index (κ3) is 56.0. The zero-order chi connectivity index (χ0) is 50.7. The summed E-state index contributed by atoms with van der Waals surface area (Å²) in [5.74, 6) is -0.895. The molecule has 406 valence electrons. The van der Waals surface area contributed by atoms with E-state index in [2.05, 4.69) is 81.5 Å². The van der Waals surface area contributed by atoms with Crippen LogP contribution in [0.2, 0.25) is 0 Å². The smallest absolute Gasteiger partial charge is 0.306 e. The third-order valence-electron chi connectivity index (χ3n) is 13.2. The molecule has 0 aromatic heterocycles. The number of hydrogen-bond donors (Lipinski definition) is 0. The molecule has 0 N–H and O–H groups in total. The second-order valence-corrected chi connectivity index (χ2v) is 20.2. The SMILES string of the molecule is CCCCC/C=C\C/C=C\C/C=C\CCCCCCCCC(=O)OCC(COC(=O)CCCCCCC/C=C\CCCCCCCCC)OC(=O)CCCCCCCCC/C=C\CCCCCCCC. The van der Waals surface area contributed by atoms with Crippen molar-refractivity contribution in [3.63, 3.8) is 0 Å². The minimum absolute atomic E-state index is 0.0833. The maximum atomic E-state index is 12.9. The van der Waals surface area contributed by atoms with Gasteiger partial charge < -0.3 is 14.2 Å². The first-order chi connectivity index (χ1) is 34.5. The topological polar surface area (TPSA) is 78.9 Å². The van der Waals surface area contributed by atoms with Crippen LogP contribution >= 0.6 is 0 Å². The highest BCUT2D eigenvalue weighted by molar-refractivity contribution is 5.71. The summed E-state index contributed by atoms with van der Waals surface area (Å²) < 4.78 is 16.9. The van der Waals surface area contributed by atoms with Crippen LogP contribution in [0.1, 0.15) is 310 Å². The number of rotatable bonds is 55. The Morgan fingerprint density at radius 2 is 0.514 bits per heavy atom. The fourth-order valence-corrected chi connectivity index (χ4v) is 8.62. The van der Waals surface area contributed by atoms with Gasteiger partial charge in [0.2, 0.25) is 0 Å². The molecule has 0 spiro atoms. The van der Waals surface area contributed by atoms with E-state index in [1.807, 2.05) is 0 Å². The van der Waals surface area contributed by atoms with Crippen molar-refractivity contribution in [3.8, 4) is 0 Å². The highest BCUT2D eigenvalue weighted by Crippen LogP contribution is 2.15. The lowest BCUT2D eigenvalue weighted by atomic mass is 10.1. The van der Waals surface area contributed by atoms with E-state index < -0.39 is 6.10 Å². The quantitative estimate of drug-likeness (QED) is 0.0261. The van der Waals surface area contributed by atoms with Crippen LogP contribution in [0.4, 0.5) is 0 Å². The van der Waals surface area contributed by atoms with E-state index in [-0.39, 0.29) is 31.1 Å². The van der Waals surface area contributed by atoms with Crippen LogP contribution in [-0.2, 0) is 28.6 Å². The number of hydrogen-bond acceptors (Lipinski definition) is 6. The molecule has 0 saturated heterocycles. The van der Waals surface area contributed by atoms with Crippen molar-refractivity contribution >= 4 is 17.9 Å². The summed E-state index contributed by atoms with van der Waals surface area (Å²) in [6.07, 6.45) is 73.5. The molecule has 6 nitrogen and oxygen atoms in total. The Kier molecular flexibility index (Phi) is 56.3. The van der Waals surface area contributed by atoms with Gasteiger partial charge in [0, 0.05) is 19.3 Å². The lowest BCUT2D eigenvalue weighted by Crippen LogP contribution is -2.30. The van der Waals surface area contributed by atoms with Gasteiger partial charge in [-0.15, -0.1) is 0 Å². The van der Waals surface area contributed by atoms with Crippen LogP contribution in [0.25, 0.3) is 0 Å². The van der Waals surface area contributed by atoms with E-state index >= 15 is 0 Å². The highest BCUT2D eigenvalue weighted by atomic mass is 16.6. The molecule has 0 amide bonds. The van der Waals surface area contributed by atoms with Crippen LogP contribution < -0.4 is 0 Å². The summed E-state index contributed by atoms with van der Waals surface area (Å²) in [6.45, 7) is 6.62. The Morgan fingerprint density at radius 1 is 0.286 bits per heavy atom. The van der Waals surface area contributed by atoms with Gasteiger partial charge >= 0.3 is 17.9 Å². The van der Waals surface area contributed by atoms with Crippen molar-refractivity contribution in [3.05, 3.63) is 60.8 Å². The van der Waals surface area contributed by atoms with Gasteiger partial charge in [0.15, 0.2) is 6.10 Å². The van der Waals surface area contributed by atoms with Crippen molar-refractivity contribution < 1.29 is 28.6 Å². The molecular weight excluding hydrogens is 865 g/mol. The number of ether oxygens (including phenoxy) is 3. The molecule has 70 heavy (non-hydrogen) atoms. The van der Waals surface area contributed by atoms with Crippen molar-refractivity contribution in [2.75, 3.05) is 13.2 Å². The van der Waals surface area contributed by atoms with Gasteiger partial charge in [-0.1, -0.05) is 242 Å². The second kappa shape index (κ2) is 58.7. The summed E-state index contributed by atoms with van der Waals surface area (Å²) in [5, 5.41) is 0. The predicted molar refractivity (Wildman–Crippen MR) is 302 cm³/mol. The monoisotopic (exact) mass is 979 g/mol. The third-order valence-corrected chi connectivity index (χ3v) is 13.2. The minimum Gasteiger partial charge on any atom is -0.462 e. The highest BCUT2D eigenvalue weighted by Gasteiger charge is 2.19. The Labute approximate surface area is 434 Å². The molecule has 0 rings (SSSR count). The molecule has 0 radical (unpaired) electrons. The number of unbranched alkanes of at least 4 members (excludes halogenated alkanes) is 34. The standard InChI is InChI=1S/C64H114O6/c1-4-7-10-13-16-19-22-25-28-31-32-34-36-39-42-45-48-51-54-57-63(66)69-60-61(59-68-62(65)56-53-50-47-44-41-38-35-30-27-24-21-18-15-12-9-6-3)70-64(67)58-55-52-49-46-43-40-37-33-29-26-23-20-17-14-11-8-5-2/h16,19,25-26,28-30,32,34-35,61H,4-15,17-18,20-24,27,31,33,36-60H2,1-3H3/b19-16-,28-25-,29-26-,34-32-,35-30-. The zero-order valence-corrected chi connectivity index (χ0v) is 46.5. The normalized spacial score (nSPS) is 12.4. The summed E-state index contributed by atoms with van der Waals surface area (Å²) in [7, 11) is 0. The average Bonchev–Trinajstić information content (AvgIpc) is 3.36. The van der Waals surface area contributed by atoms with E-state index in [9.17, 15) is 14.4 Å². The number of carbonyl (C=O) groups is 3. The van der Waals surface area contributed by atoms with Gasteiger partial charge in [0.1, 0.15) is 13.2 Å². The first kappa shape index (κ1) is 67.1. The minimum atomic E-state index is -0.786. The maximum absolute atomic E-state index is 12.9. The van der Waals surface area contributed by atoms with Crippen molar-refractivity contribution in [2.45, 2.75) is 316 Å². The summed E-state index contributed by atoms with van der Waals surface area (Å²) in [5.41, 5.74) is 0. The maximum Gasteiger partial charge on any atom is 0.306 e. The number of esters is 3. The molecule has 0 fully saturated rings. The molecular formula is C64H114O6. The van der Waals surface area contributed by atoms with E-state index in [0.29, 0.717) is 19.3 Å². The van der Waals surface area contributed by atoms with Crippen LogP contribution in [-0.4, -0.2) is 37.2 Å². The molecule has 0 aromatic rings. The van der Waals surface area contributed by atoms with Crippen LogP contribution in [0.5, 0.6) is 0 Å². The predicted octanol–water partition coefficient (Wildman–Crippen LogP) is 20.4. The molecule has 0 bridgehead atoms. The van der Waals surface area contributed by atoms with E-state index in [1.54, 1.807) is 0 Å². The zero-order valence-electron chi connectivity index (χ0n) is 46.5. The molecule has 0 heterocycles. The van der Waals surface area contributed by atoms with Crippen LogP contribution in [0, 0.1) is 0 Å². The summed E-state index contributed by atoms with van der Waals surface area (Å²) in [6, 6.07) is 0. The number of allylic oxidation sites excluding steroid dienone is 10. The fraction of sp³-hybridized carbons (Fsp3) is 0.797. The van der Waals surface area contributed by atoms with Crippen molar-refractivity contribution in [1.29, 1.82) is 0 Å². The lowest BCUT2D eigenvalue weighted by molar-refractivity contribution is -0.167. The molecule has 0 aromatic carbocycles. The van der Waals surface area contributed by atoms with Gasteiger partial charge in [0.05, 0.1) is 0 Å². The van der Waals surface area contributed by atoms with Gasteiger partial charge in [-0.2, -0.15) is 0 Å². The number of carbonyl (C=O) groups excluding carboxylic acids is 3. The van der Waals surface area contributed by atoms with Crippen molar-refractivity contribution in [1.82, 2.24) is 0 Å². The van der Waals surface area contributed by atoms with Gasteiger partial charge in [-0.25, -0.2) is 0 Å². The first-order valence-electron chi connectivity index (χ1n) is 30.3. The summed E-state index contributed by atoms with van der Waals surface area (Å²) in [4.78, 5) is 38.2. The Balaban J connectivity index is 4.41. The van der Waals surface area contributed by atoms with E-state index in [1.165, 1.54) is 186 Å². The van der Waals surface area contributed by atoms with Crippen LogP contribution in [0.3, 0.4) is 0 Å². The van der Waals surface area contributed by atoms with Crippen molar-refractivity contribution in [2.24, 2.45) is 0 Å². The molecule has 0 aliphatic heterocycles. The van der Waals surface area contributed by atoms with Gasteiger partial charge in [-0.05, 0) is 109 Å².